The van der Waals surface area contributed by atoms with Crippen molar-refractivity contribution in [2.75, 3.05) is 13.7 Å². The molecule has 0 unspecified atom stereocenters. The monoisotopic (exact) mass is 290 g/mol. The maximum atomic E-state index is 10.8. The smallest absolute Gasteiger partial charge is 0.438 e. The molecule has 108 valence electrons. The highest BCUT2D eigenvalue weighted by Crippen LogP contribution is 2.23. The molecule has 0 aromatic rings. The second-order valence-corrected chi connectivity index (χ2v) is 17.9. The molecule has 0 rings (SSSR count). The molecule has 0 radical (unpaired) electrons. The number of methoxy groups -OCH3 is 1. The van der Waals surface area contributed by atoms with Gasteiger partial charge in [-0.3, -0.25) is 0 Å². The number of hydrogen-bond donors (Lipinski definition) is 0. The Morgan fingerprint density at radius 2 is 1.50 bits per heavy atom. The van der Waals surface area contributed by atoms with Gasteiger partial charge in [-0.15, -0.1) is 0 Å². The minimum atomic E-state index is -1.10. The van der Waals surface area contributed by atoms with E-state index >= 15 is 0 Å². The molecule has 0 saturated carbocycles. The first kappa shape index (κ1) is 17.7. The van der Waals surface area contributed by atoms with Gasteiger partial charge in [0.2, 0.25) is 0 Å². The molecule has 3 nitrogen and oxygen atoms in total. The van der Waals surface area contributed by atoms with E-state index in [0.717, 1.165) is 6.42 Å². The van der Waals surface area contributed by atoms with Crippen molar-refractivity contribution in [3.05, 3.63) is 0 Å². The molecule has 5 heteroatoms. The summed E-state index contributed by atoms with van der Waals surface area (Å²) in [4.78, 5) is 10.8. The Morgan fingerprint density at radius 1 is 0.944 bits per heavy atom. The van der Waals surface area contributed by atoms with Gasteiger partial charge in [-0.25, -0.2) is 4.79 Å². The molecule has 0 bridgehead atoms. The highest BCUT2D eigenvalue weighted by atomic mass is 28.3. The van der Waals surface area contributed by atoms with Crippen molar-refractivity contribution in [1.29, 1.82) is 0 Å². The summed E-state index contributed by atoms with van der Waals surface area (Å²) in [5.74, 6) is 0. The van der Waals surface area contributed by atoms with E-state index < -0.39 is 22.3 Å². The summed E-state index contributed by atoms with van der Waals surface area (Å²) >= 11 is 0. The molecule has 0 aliphatic rings. The number of carbonyl (C=O) groups excluding carboxylic acids is 1. The van der Waals surface area contributed by atoms with Crippen molar-refractivity contribution >= 4 is 22.3 Å². The number of hydrogen-bond acceptors (Lipinski definition) is 3. The predicted molar refractivity (Wildman–Crippen MR) is 82.8 cm³/mol. The molecule has 0 amide bonds. The van der Waals surface area contributed by atoms with Gasteiger partial charge in [0.05, 0.1) is 13.7 Å². The number of ether oxygens (including phenoxy) is 2. The fraction of sp³-hybridized carbons (Fsp3) is 0.923. The Labute approximate surface area is 114 Å². The Morgan fingerprint density at radius 3 is 2.00 bits per heavy atom. The third kappa shape index (κ3) is 10.8. The molecule has 0 atom stereocenters. The van der Waals surface area contributed by atoms with Crippen LogP contribution in [0, 0.1) is 0 Å². The van der Waals surface area contributed by atoms with Crippen molar-refractivity contribution in [3.8, 4) is 0 Å². The normalized spacial score (nSPS) is 12.3. The highest BCUT2D eigenvalue weighted by molar-refractivity contribution is 6.78. The fourth-order valence-electron chi connectivity index (χ4n) is 1.99. The van der Waals surface area contributed by atoms with Gasteiger partial charge in [0, 0.05) is 16.1 Å². The molecular formula is C13H30O3Si2. The Balaban J connectivity index is 3.70. The third-order valence-corrected chi connectivity index (χ3v) is 8.43. The molecule has 18 heavy (non-hydrogen) atoms. The second-order valence-electron chi connectivity index (χ2n) is 6.98. The summed E-state index contributed by atoms with van der Waals surface area (Å²) in [6, 6.07) is 4.06. The minimum Gasteiger partial charge on any atom is -0.438 e. The highest BCUT2D eigenvalue weighted by Gasteiger charge is 2.21. The molecule has 0 aliphatic carbocycles. The SMILES string of the molecule is COC(=O)OCCC[Si](C)(C)CCC[Si](C)(C)C. The minimum absolute atomic E-state index is 0.497. The van der Waals surface area contributed by atoms with Gasteiger partial charge in [0.1, 0.15) is 0 Å². The van der Waals surface area contributed by atoms with E-state index in [1.807, 2.05) is 0 Å². The van der Waals surface area contributed by atoms with Crippen LogP contribution >= 0.6 is 0 Å². The van der Waals surface area contributed by atoms with E-state index in [1.54, 1.807) is 0 Å². The Bertz CT molecular complexity index is 247. The summed E-state index contributed by atoms with van der Waals surface area (Å²) in [6.07, 6.45) is 1.79. The van der Waals surface area contributed by atoms with E-state index in [-0.39, 0.29) is 0 Å². The first-order valence-corrected chi connectivity index (χ1v) is 14.0. The maximum absolute atomic E-state index is 10.8. The third-order valence-electron chi connectivity index (χ3n) is 3.16. The van der Waals surface area contributed by atoms with Gasteiger partial charge >= 0.3 is 6.16 Å². The van der Waals surface area contributed by atoms with Gasteiger partial charge in [0.25, 0.3) is 0 Å². The van der Waals surface area contributed by atoms with Crippen LogP contribution in [-0.4, -0.2) is 36.0 Å². The summed E-state index contributed by atoms with van der Waals surface area (Å²) < 4.78 is 9.35. The lowest BCUT2D eigenvalue weighted by molar-refractivity contribution is 0.0728. The van der Waals surface area contributed by atoms with Crippen molar-refractivity contribution in [2.24, 2.45) is 0 Å². The summed E-state index contributed by atoms with van der Waals surface area (Å²) in [7, 11) is -0.629. The molecular weight excluding hydrogens is 260 g/mol. The topological polar surface area (TPSA) is 35.5 Å². The quantitative estimate of drug-likeness (QED) is 0.372. The lowest BCUT2D eigenvalue weighted by Gasteiger charge is -2.24. The predicted octanol–water partition coefficient (Wildman–Crippen LogP) is 4.60. The van der Waals surface area contributed by atoms with Crippen LogP contribution < -0.4 is 0 Å². The molecule has 0 saturated heterocycles. The molecule has 0 aromatic heterocycles. The molecule has 0 aliphatic heterocycles. The van der Waals surface area contributed by atoms with E-state index in [4.69, 9.17) is 4.74 Å². The van der Waals surface area contributed by atoms with Crippen LogP contribution in [0.15, 0.2) is 0 Å². The van der Waals surface area contributed by atoms with Crippen molar-refractivity contribution in [3.63, 3.8) is 0 Å². The van der Waals surface area contributed by atoms with Crippen LogP contribution in [0.3, 0.4) is 0 Å². The van der Waals surface area contributed by atoms with Crippen molar-refractivity contribution in [1.82, 2.24) is 0 Å². The molecule has 0 heterocycles. The number of carbonyl (C=O) groups is 1. The summed E-state index contributed by atoms with van der Waals surface area (Å²) in [6.45, 7) is 12.7. The fourth-order valence-corrected chi connectivity index (χ4v) is 6.06. The van der Waals surface area contributed by atoms with E-state index in [1.165, 1.54) is 31.7 Å². The van der Waals surface area contributed by atoms with E-state index in [2.05, 4.69) is 37.5 Å². The lowest BCUT2D eigenvalue weighted by atomic mass is 10.5. The largest absolute Gasteiger partial charge is 0.507 e. The van der Waals surface area contributed by atoms with Crippen LogP contribution in [0.1, 0.15) is 12.8 Å². The van der Waals surface area contributed by atoms with Gasteiger partial charge < -0.3 is 9.47 Å². The van der Waals surface area contributed by atoms with E-state index in [0.29, 0.717) is 6.61 Å². The molecule has 0 N–H and O–H groups in total. The van der Waals surface area contributed by atoms with Crippen LogP contribution in [0.5, 0.6) is 0 Å². The van der Waals surface area contributed by atoms with Crippen LogP contribution in [-0.2, 0) is 9.47 Å². The van der Waals surface area contributed by atoms with Crippen molar-refractivity contribution < 1.29 is 14.3 Å². The van der Waals surface area contributed by atoms with Crippen molar-refractivity contribution in [2.45, 2.75) is 63.7 Å². The lowest BCUT2D eigenvalue weighted by Crippen LogP contribution is -2.27. The van der Waals surface area contributed by atoms with Gasteiger partial charge in [-0.2, -0.15) is 0 Å². The van der Waals surface area contributed by atoms with Gasteiger partial charge in [-0.05, 0) is 6.42 Å². The average Bonchev–Trinajstić information content (AvgIpc) is 2.21. The van der Waals surface area contributed by atoms with Crippen LogP contribution in [0.2, 0.25) is 50.9 Å². The zero-order valence-electron chi connectivity index (χ0n) is 13.0. The van der Waals surface area contributed by atoms with Crippen LogP contribution in [0.4, 0.5) is 4.79 Å². The average molecular weight is 291 g/mol. The molecule has 0 fully saturated rings. The summed E-state index contributed by atoms with van der Waals surface area (Å²) in [5, 5.41) is 0. The zero-order chi connectivity index (χ0) is 14.2. The van der Waals surface area contributed by atoms with Crippen LogP contribution in [0.25, 0.3) is 0 Å². The number of rotatable bonds is 8. The zero-order valence-corrected chi connectivity index (χ0v) is 15.0. The first-order valence-electron chi connectivity index (χ1n) is 6.87. The maximum Gasteiger partial charge on any atom is 0.507 e. The first-order chi connectivity index (χ1) is 8.16. The molecule has 0 spiro atoms. The Hall–Kier alpha value is -0.296. The van der Waals surface area contributed by atoms with Gasteiger partial charge in [0.15, 0.2) is 0 Å². The second kappa shape index (κ2) is 7.99. The molecule has 0 aromatic carbocycles. The standard InChI is InChI=1S/C13H30O3Si2/c1-15-13(14)16-9-7-11-18(5,6)12-8-10-17(2,3)4/h7-12H2,1-6H3. The summed E-state index contributed by atoms with van der Waals surface area (Å²) in [5.41, 5.74) is 0. The van der Waals surface area contributed by atoms with Gasteiger partial charge in [-0.1, -0.05) is 57.3 Å². The Kier molecular flexibility index (Phi) is 7.86. The van der Waals surface area contributed by atoms with E-state index in [9.17, 15) is 4.79 Å².